The van der Waals surface area contributed by atoms with E-state index in [9.17, 15) is 0 Å². The highest BCUT2D eigenvalue weighted by molar-refractivity contribution is 7.25. The molecule has 0 radical (unpaired) electrons. The van der Waals surface area contributed by atoms with Gasteiger partial charge >= 0.3 is 0 Å². The number of aromatic nitrogens is 1. The van der Waals surface area contributed by atoms with E-state index in [0.29, 0.717) is 6.67 Å². The molecule has 0 fully saturated rings. The molecule has 0 aliphatic heterocycles. The van der Waals surface area contributed by atoms with Gasteiger partial charge in [0.25, 0.3) is 0 Å². The first-order valence-corrected chi connectivity index (χ1v) is 20.4. The molecular weight excluding hydrogens is 711 g/mol. The number of fused-ring (bicyclic) bond motifs is 11. The molecule has 3 heterocycles. The van der Waals surface area contributed by atoms with Crippen LogP contribution in [-0.4, -0.2) is 11.1 Å². The van der Waals surface area contributed by atoms with Gasteiger partial charge in [-0.05, 0) is 75.0 Å². The van der Waals surface area contributed by atoms with Crippen LogP contribution in [0.5, 0.6) is 0 Å². The molecule has 0 amide bonds. The molecule has 1 aliphatic rings. The van der Waals surface area contributed by atoms with Gasteiger partial charge in [0.05, 0.1) is 17.7 Å². The molecule has 57 heavy (non-hydrogen) atoms. The van der Waals surface area contributed by atoms with Crippen LogP contribution in [0.25, 0.3) is 81.5 Å². The summed E-state index contributed by atoms with van der Waals surface area (Å²) in [7, 11) is 0. The smallest absolute Gasteiger partial charge is 0.109 e. The largest absolute Gasteiger partial charge is 0.372 e. The first-order valence-electron chi connectivity index (χ1n) is 19.6. The van der Waals surface area contributed by atoms with Crippen molar-refractivity contribution >= 4 is 70.6 Å². The molecule has 3 nitrogen and oxygen atoms in total. The van der Waals surface area contributed by atoms with Crippen LogP contribution in [0.1, 0.15) is 29.2 Å². The Hall–Kier alpha value is -6.72. The quantitative estimate of drug-likeness (QED) is 0.166. The van der Waals surface area contributed by atoms with E-state index in [1.807, 2.05) is 11.3 Å². The Balaban J connectivity index is 1.15. The number of para-hydroxylation sites is 1. The number of benzene rings is 7. The van der Waals surface area contributed by atoms with E-state index in [1.54, 1.807) is 0 Å². The van der Waals surface area contributed by atoms with Crippen LogP contribution in [0, 0.1) is 0 Å². The first-order chi connectivity index (χ1) is 28.1. The maximum atomic E-state index is 6.20. The molecular formula is C53H39N3S. The SMILES string of the molecule is CC1(c2ccc(-c3ccc4c(c3)c3c(-c5ccccc5)c5ccccc5n3c3sc5ccccc5c43)cc2)/C(=C(\NCN)c2ccccc2)C=Cc2ccccc21. The predicted molar refractivity (Wildman–Crippen MR) is 244 cm³/mol. The molecule has 10 aromatic rings. The number of nitrogens with zero attached hydrogens (tertiary/aromatic N) is 1. The van der Waals surface area contributed by atoms with Crippen LogP contribution in [0.4, 0.5) is 0 Å². The van der Waals surface area contributed by atoms with Crippen molar-refractivity contribution in [1.82, 2.24) is 9.72 Å². The standard InChI is InChI=1S/C53H39N3S/c1-53(44-21-11-8-14-35(44)27-31-45(53)50(55-33-54)37-17-6-3-7-18-37)39-28-24-34(25-29-39)38-26-30-40-43(32-38)51-48(36-15-4-2-5-16-36)41-19-9-12-22-46(41)56(51)52-49(40)42-20-10-13-23-47(42)57-52/h2-32,55H,33,54H2,1H3/b50-45-. The average molecular weight is 750 g/mol. The maximum absolute atomic E-state index is 6.20. The Morgan fingerprint density at radius 1 is 0.614 bits per heavy atom. The van der Waals surface area contributed by atoms with Gasteiger partial charge < -0.3 is 11.1 Å². The number of pyridine rings is 1. The average Bonchev–Trinajstić information content (AvgIpc) is 3.84. The summed E-state index contributed by atoms with van der Waals surface area (Å²) in [5.41, 5.74) is 20.2. The minimum absolute atomic E-state index is 0.337. The summed E-state index contributed by atoms with van der Waals surface area (Å²) < 4.78 is 3.84. The van der Waals surface area contributed by atoms with E-state index in [2.05, 4.69) is 205 Å². The van der Waals surface area contributed by atoms with Crippen LogP contribution in [0.15, 0.2) is 188 Å². The predicted octanol–water partition coefficient (Wildman–Crippen LogP) is 13.2. The second kappa shape index (κ2) is 13.2. The zero-order valence-electron chi connectivity index (χ0n) is 31.5. The fraction of sp³-hybridized carbons (Fsp3) is 0.0566. The number of nitrogens with one attached hydrogen (secondary N) is 1. The van der Waals surface area contributed by atoms with Crippen LogP contribution in [0.2, 0.25) is 0 Å². The second-order valence-electron chi connectivity index (χ2n) is 15.1. The summed E-state index contributed by atoms with van der Waals surface area (Å²) in [6, 6.07) is 64.3. The van der Waals surface area contributed by atoms with E-state index < -0.39 is 5.41 Å². The number of rotatable bonds is 6. The summed E-state index contributed by atoms with van der Waals surface area (Å²) >= 11 is 1.89. The molecule has 272 valence electrons. The zero-order valence-corrected chi connectivity index (χ0v) is 32.4. The molecule has 3 N–H and O–H groups in total. The third-order valence-electron chi connectivity index (χ3n) is 12.1. The van der Waals surface area contributed by atoms with Crippen molar-refractivity contribution in [2.45, 2.75) is 12.3 Å². The van der Waals surface area contributed by atoms with E-state index in [0.717, 1.165) is 11.3 Å². The lowest BCUT2D eigenvalue weighted by molar-refractivity contribution is 0.680. The maximum Gasteiger partial charge on any atom is 0.109 e. The summed E-state index contributed by atoms with van der Waals surface area (Å²) in [5.74, 6) is 0. The molecule has 4 heteroatoms. The van der Waals surface area contributed by atoms with Gasteiger partial charge in [-0.1, -0.05) is 170 Å². The summed E-state index contributed by atoms with van der Waals surface area (Å²) in [5, 5.41) is 9.97. The van der Waals surface area contributed by atoms with Crippen molar-refractivity contribution in [2.75, 3.05) is 6.67 Å². The Morgan fingerprint density at radius 3 is 2.11 bits per heavy atom. The van der Waals surface area contributed by atoms with E-state index in [-0.39, 0.29) is 0 Å². The minimum atomic E-state index is -0.436. The number of thiophene rings is 1. The zero-order chi connectivity index (χ0) is 38.1. The highest BCUT2D eigenvalue weighted by atomic mass is 32.1. The number of allylic oxidation sites excluding steroid dienone is 2. The molecule has 11 rings (SSSR count). The molecule has 0 spiro atoms. The lowest BCUT2D eigenvalue weighted by Crippen LogP contribution is -2.33. The highest BCUT2D eigenvalue weighted by Gasteiger charge is 2.38. The van der Waals surface area contributed by atoms with Gasteiger partial charge in [-0.3, -0.25) is 4.40 Å². The summed E-state index contributed by atoms with van der Waals surface area (Å²) in [4.78, 5) is 1.28. The van der Waals surface area contributed by atoms with Crippen molar-refractivity contribution in [3.8, 4) is 22.3 Å². The topological polar surface area (TPSA) is 42.5 Å². The second-order valence-corrected chi connectivity index (χ2v) is 16.2. The van der Waals surface area contributed by atoms with Crippen molar-refractivity contribution in [2.24, 2.45) is 5.73 Å². The lowest BCUT2D eigenvalue weighted by atomic mass is 9.65. The Bertz CT molecular complexity index is 3240. The van der Waals surface area contributed by atoms with E-state index in [4.69, 9.17) is 5.73 Å². The molecule has 0 bridgehead atoms. The van der Waals surface area contributed by atoms with Crippen LogP contribution in [-0.2, 0) is 5.41 Å². The van der Waals surface area contributed by atoms with Gasteiger partial charge in [-0.2, -0.15) is 0 Å². The number of hydrogen-bond acceptors (Lipinski definition) is 3. The van der Waals surface area contributed by atoms with Gasteiger partial charge in [0, 0.05) is 42.9 Å². The Kier molecular flexibility index (Phi) is 7.78. The molecule has 1 atom stereocenters. The fourth-order valence-corrected chi connectivity index (χ4v) is 10.7. The van der Waals surface area contributed by atoms with Crippen molar-refractivity contribution < 1.29 is 0 Å². The van der Waals surface area contributed by atoms with Crippen molar-refractivity contribution in [3.05, 3.63) is 210 Å². The van der Waals surface area contributed by atoms with E-state index in [1.165, 1.54) is 92.0 Å². The van der Waals surface area contributed by atoms with Crippen LogP contribution < -0.4 is 11.1 Å². The summed E-state index contributed by atoms with van der Waals surface area (Å²) in [6.45, 7) is 2.69. The summed E-state index contributed by atoms with van der Waals surface area (Å²) in [6.07, 6.45) is 4.51. The van der Waals surface area contributed by atoms with Gasteiger partial charge in [0.2, 0.25) is 0 Å². The molecule has 1 aliphatic carbocycles. The first kappa shape index (κ1) is 33.6. The lowest BCUT2D eigenvalue weighted by Gasteiger charge is -2.38. The molecule has 3 aromatic heterocycles. The normalized spacial score (nSPS) is 16.2. The Morgan fingerprint density at radius 2 is 1.30 bits per heavy atom. The van der Waals surface area contributed by atoms with Gasteiger partial charge in [-0.15, -0.1) is 11.3 Å². The molecule has 0 saturated heterocycles. The van der Waals surface area contributed by atoms with Gasteiger partial charge in [-0.25, -0.2) is 0 Å². The van der Waals surface area contributed by atoms with Gasteiger partial charge in [0.15, 0.2) is 0 Å². The molecule has 7 aromatic carbocycles. The fourth-order valence-electron chi connectivity index (χ4n) is 9.47. The minimum Gasteiger partial charge on any atom is -0.372 e. The third-order valence-corrected chi connectivity index (χ3v) is 13.3. The molecule has 1 unspecified atom stereocenters. The number of hydrogen-bond donors (Lipinski definition) is 2. The monoisotopic (exact) mass is 749 g/mol. The van der Waals surface area contributed by atoms with Gasteiger partial charge in [0.1, 0.15) is 4.83 Å². The Labute approximate surface area is 335 Å². The van der Waals surface area contributed by atoms with Crippen LogP contribution in [0.3, 0.4) is 0 Å². The highest BCUT2D eigenvalue weighted by Crippen LogP contribution is 2.49. The van der Waals surface area contributed by atoms with Crippen molar-refractivity contribution in [3.63, 3.8) is 0 Å². The number of nitrogens with two attached hydrogens (primary N) is 1. The van der Waals surface area contributed by atoms with E-state index >= 15 is 0 Å². The third kappa shape index (κ3) is 5.08. The van der Waals surface area contributed by atoms with Crippen molar-refractivity contribution in [1.29, 1.82) is 0 Å². The van der Waals surface area contributed by atoms with Crippen LogP contribution >= 0.6 is 11.3 Å². The molecule has 0 saturated carbocycles.